The number of rotatable bonds is 8. The average molecular weight is 463 g/mol. The van der Waals surface area contributed by atoms with Gasteiger partial charge in [0.15, 0.2) is 0 Å². The molecule has 4 rings (SSSR count). The van der Waals surface area contributed by atoms with Crippen molar-refractivity contribution in [3.8, 4) is 5.75 Å². The van der Waals surface area contributed by atoms with Gasteiger partial charge in [0.1, 0.15) is 18.2 Å². The molecule has 168 valence electrons. The molecular weight excluding hydrogens is 440 g/mol. The Labute approximate surface area is 196 Å². The Kier molecular flexibility index (Phi) is 7.00. The molecule has 0 aliphatic heterocycles. The fraction of sp³-hybridized carbons (Fsp3) is 0.200. The largest absolute Gasteiger partial charge is 0.489 e. The van der Waals surface area contributed by atoms with Crippen LogP contribution in [0.4, 0.5) is 0 Å². The molecule has 0 saturated carbocycles. The lowest BCUT2D eigenvalue weighted by Crippen LogP contribution is -2.32. The first-order valence-corrected chi connectivity index (χ1v) is 11.0. The van der Waals surface area contributed by atoms with E-state index in [1.807, 2.05) is 25.1 Å². The number of hydrogen-bond acceptors (Lipinski definition) is 5. The van der Waals surface area contributed by atoms with Gasteiger partial charge in [-0.05, 0) is 48.9 Å². The number of hydrogen-bond donors (Lipinski definition) is 1. The van der Waals surface area contributed by atoms with Gasteiger partial charge in [0.05, 0.1) is 17.4 Å². The molecule has 2 heterocycles. The second-order valence-corrected chi connectivity index (χ2v) is 8.02. The third-order valence-corrected chi connectivity index (χ3v) is 5.28. The standard InChI is InChI=1S/C25H23ClN4O3/c1-2-11-30(15-23-28-22-13-19(26)8-9-21(22)24(31)29-23)25(32)18-6-3-7-20(12-18)33-16-17-5-4-10-27-14-17/h3-10,12-14H,2,11,15-16H2,1H3,(H,28,29,31). The Morgan fingerprint density at radius 3 is 2.82 bits per heavy atom. The molecule has 2 aromatic carbocycles. The van der Waals surface area contributed by atoms with Gasteiger partial charge in [-0.15, -0.1) is 0 Å². The summed E-state index contributed by atoms with van der Waals surface area (Å²) in [5, 5.41) is 0.950. The zero-order valence-electron chi connectivity index (χ0n) is 18.1. The summed E-state index contributed by atoms with van der Waals surface area (Å²) in [6.45, 7) is 3.03. The van der Waals surface area contributed by atoms with Crippen LogP contribution in [0.3, 0.4) is 0 Å². The summed E-state index contributed by atoms with van der Waals surface area (Å²) >= 11 is 6.06. The van der Waals surface area contributed by atoms with Gasteiger partial charge in [0.2, 0.25) is 0 Å². The first-order chi connectivity index (χ1) is 16.0. The fourth-order valence-electron chi connectivity index (χ4n) is 3.49. The number of fused-ring (bicyclic) bond motifs is 1. The number of carbonyl (C=O) groups is 1. The highest BCUT2D eigenvalue weighted by atomic mass is 35.5. The zero-order valence-corrected chi connectivity index (χ0v) is 18.9. The monoisotopic (exact) mass is 462 g/mol. The van der Waals surface area contributed by atoms with Gasteiger partial charge in [0, 0.05) is 35.1 Å². The molecule has 0 radical (unpaired) electrons. The molecule has 0 aliphatic rings. The molecule has 1 amide bonds. The van der Waals surface area contributed by atoms with Gasteiger partial charge in [-0.2, -0.15) is 0 Å². The Morgan fingerprint density at radius 2 is 2.03 bits per heavy atom. The van der Waals surface area contributed by atoms with E-state index >= 15 is 0 Å². The minimum Gasteiger partial charge on any atom is -0.489 e. The maximum atomic E-state index is 13.3. The predicted molar refractivity (Wildman–Crippen MR) is 127 cm³/mol. The molecule has 8 heteroatoms. The van der Waals surface area contributed by atoms with E-state index < -0.39 is 0 Å². The van der Waals surface area contributed by atoms with Gasteiger partial charge >= 0.3 is 0 Å². The minimum atomic E-state index is -0.263. The molecule has 33 heavy (non-hydrogen) atoms. The number of ether oxygens (including phenoxy) is 1. The summed E-state index contributed by atoms with van der Waals surface area (Å²) in [7, 11) is 0. The lowest BCUT2D eigenvalue weighted by Gasteiger charge is -2.22. The van der Waals surface area contributed by atoms with E-state index in [-0.39, 0.29) is 18.0 Å². The summed E-state index contributed by atoms with van der Waals surface area (Å²) in [5.74, 6) is 0.825. The van der Waals surface area contributed by atoms with Crippen molar-refractivity contribution in [2.75, 3.05) is 6.54 Å². The lowest BCUT2D eigenvalue weighted by atomic mass is 10.1. The van der Waals surface area contributed by atoms with Crippen LogP contribution in [0.15, 0.2) is 71.8 Å². The van der Waals surface area contributed by atoms with Gasteiger partial charge in [-0.25, -0.2) is 4.98 Å². The molecular formula is C25H23ClN4O3. The molecule has 1 N–H and O–H groups in total. The molecule has 0 saturated heterocycles. The van der Waals surface area contributed by atoms with E-state index in [0.717, 1.165) is 12.0 Å². The quantitative estimate of drug-likeness (QED) is 0.413. The normalized spacial score (nSPS) is 10.8. The highest BCUT2D eigenvalue weighted by Gasteiger charge is 2.18. The molecule has 0 aliphatic carbocycles. The molecule has 0 atom stereocenters. The first-order valence-electron chi connectivity index (χ1n) is 10.6. The average Bonchev–Trinajstić information content (AvgIpc) is 2.82. The number of carbonyl (C=O) groups excluding carboxylic acids is 1. The molecule has 4 aromatic rings. The van der Waals surface area contributed by atoms with Crippen molar-refractivity contribution >= 4 is 28.4 Å². The van der Waals surface area contributed by atoms with E-state index in [2.05, 4.69) is 15.0 Å². The van der Waals surface area contributed by atoms with Crippen LogP contribution >= 0.6 is 11.6 Å². The van der Waals surface area contributed by atoms with Crippen LogP contribution in [-0.4, -0.2) is 32.3 Å². The summed E-state index contributed by atoms with van der Waals surface area (Å²) in [6, 6.07) is 15.8. The highest BCUT2D eigenvalue weighted by molar-refractivity contribution is 6.31. The van der Waals surface area contributed by atoms with Crippen LogP contribution in [0, 0.1) is 0 Å². The number of nitrogens with one attached hydrogen (secondary N) is 1. The maximum Gasteiger partial charge on any atom is 0.258 e. The number of benzene rings is 2. The van der Waals surface area contributed by atoms with E-state index in [9.17, 15) is 9.59 Å². The molecule has 7 nitrogen and oxygen atoms in total. The Hall–Kier alpha value is -3.71. The van der Waals surface area contributed by atoms with Crippen molar-refractivity contribution in [3.63, 3.8) is 0 Å². The number of aromatic amines is 1. The molecule has 0 spiro atoms. The van der Waals surface area contributed by atoms with Crippen LogP contribution in [0.1, 0.15) is 35.1 Å². The Bertz CT molecular complexity index is 1320. The molecule has 2 aromatic heterocycles. The summed E-state index contributed by atoms with van der Waals surface area (Å²) in [6.07, 6.45) is 4.20. The predicted octanol–water partition coefficient (Wildman–Crippen LogP) is 4.60. The molecule has 0 fully saturated rings. The molecule has 0 unspecified atom stereocenters. The summed E-state index contributed by atoms with van der Waals surface area (Å²) in [5.41, 5.74) is 1.67. The van der Waals surface area contributed by atoms with Gasteiger partial charge in [-0.1, -0.05) is 30.7 Å². The number of nitrogens with zero attached hydrogens (tertiary/aromatic N) is 3. The van der Waals surface area contributed by atoms with Crippen molar-refractivity contribution in [2.45, 2.75) is 26.5 Å². The van der Waals surface area contributed by atoms with Crippen molar-refractivity contribution in [1.82, 2.24) is 19.9 Å². The van der Waals surface area contributed by atoms with Gasteiger partial charge < -0.3 is 14.6 Å². The summed E-state index contributed by atoms with van der Waals surface area (Å²) in [4.78, 5) is 38.8. The smallest absolute Gasteiger partial charge is 0.258 e. The first kappa shape index (κ1) is 22.5. The number of halogens is 1. The van der Waals surface area contributed by atoms with Crippen molar-refractivity contribution < 1.29 is 9.53 Å². The van der Waals surface area contributed by atoms with Crippen LogP contribution in [-0.2, 0) is 13.2 Å². The topological polar surface area (TPSA) is 88.2 Å². The maximum absolute atomic E-state index is 13.3. The van der Waals surface area contributed by atoms with E-state index in [1.54, 1.807) is 53.7 Å². The number of aromatic nitrogens is 3. The van der Waals surface area contributed by atoms with E-state index in [1.165, 1.54) is 0 Å². The van der Waals surface area contributed by atoms with Crippen molar-refractivity contribution in [3.05, 3.63) is 99.3 Å². The SMILES string of the molecule is CCCN(Cc1nc2cc(Cl)ccc2c(=O)[nH]1)C(=O)c1cccc(OCc2cccnc2)c1. The number of pyridine rings is 1. The second-order valence-electron chi connectivity index (χ2n) is 7.58. The zero-order chi connectivity index (χ0) is 23.2. The van der Waals surface area contributed by atoms with E-state index in [0.29, 0.717) is 46.2 Å². The highest BCUT2D eigenvalue weighted by Crippen LogP contribution is 2.19. The Morgan fingerprint density at radius 1 is 1.15 bits per heavy atom. The van der Waals surface area contributed by atoms with Crippen molar-refractivity contribution in [2.24, 2.45) is 0 Å². The van der Waals surface area contributed by atoms with E-state index in [4.69, 9.17) is 16.3 Å². The number of H-pyrrole nitrogens is 1. The van der Waals surface area contributed by atoms with Crippen LogP contribution in [0.25, 0.3) is 10.9 Å². The summed E-state index contributed by atoms with van der Waals surface area (Å²) < 4.78 is 5.83. The van der Waals surface area contributed by atoms with Crippen LogP contribution in [0.5, 0.6) is 5.75 Å². The third kappa shape index (κ3) is 5.56. The van der Waals surface area contributed by atoms with Gasteiger partial charge in [0.25, 0.3) is 11.5 Å². The Balaban J connectivity index is 1.54. The second kappa shape index (κ2) is 10.3. The third-order valence-electron chi connectivity index (χ3n) is 5.05. The lowest BCUT2D eigenvalue weighted by molar-refractivity contribution is 0.0738. The molecule has 0 bridgehead atoms. The fourth-order valence-corrected chi connectivity index (χ4v) is 3.66. The van der Waals surface area contributed by atoms with Crippen molar-refractivity contribution in [1.29, 1.82) is 0 Å². The minimum absolute atomic E-state index is 0.169. The van der Waals surface area contributed by atoms with Crippen LogP contribution in [0.2, 0.25) is 5.02 Å². The number of amides is 1. The van der Waals surface area contributed by atoms with Crippen LogP contribution < -0.4 is 10.3 Å². The van der Waals surface area contributed by atoms with Gasteiger partial charge in [-0.3, -0.25) is 14.6 Å².